The van der Waals surface area contributed by atoms with Gasteiger partial charge in [0.1, 0.15) is 0 Å². The number of carbonyl (C=O) groups excluding carboxylic acids is 1. The zero-order chi connectivity index (χ0) is 11.9. The lowest BCUT2D eigenvalue weighted by Crippen LogP contribution is -2.40. The summed E-state index contributed by atoms with van der Waals surface area (Å²) in [4.78, 5) is 12.9. The molecule has 1 unspecified atom stereocenters. The van der Waals surface area contributed by atoms with Gasteiger partial charge in [0.15, 0.2) is 5.72 Å². The van der Waals surface area contributed by atoms with Gasteiger partial charge in [0, 0.05) is 30.5 Å². The Hall–Kier alpha value is -1.06. The molecule has 86 valence electrons. The number of carbonyl (C=O) groups is 1. The predicted octanol–water partition coefficient (Wildman–Crippen LogP) is 2.05. The summed E-state index contributed by atoms with van der Waals surface area (Å²) in [6.07, 6.45) is 0.818. The van der Waals surface area contributed by atoms with Crippen molar-refractivity contribution in [2.45, 2.75) is 25.5 Å². The highest BCUT2D eigenvalue weighted by Crippen LogP contribution is 2.36. The van der Waals surface area contributed by atoms with Crippen LogP contribution in [0.2, 0.25) is 5.02 Å². The first-order valence-electron chi connectivity index (χ1n) is 5.21. The first kappa shape index (κ1) is 11.4. The molecule has 1 aliphatic heterocycles. The van der Waals surface area contributed by atoms with E-state index in [1.807, 2.05) is 13.0 Å². The van der Waals surface area contributed by atoms with E-state index in [-0.39, 0.29) is 5.91 Å². The van der Waals surface area contributed by atoms with Crippen molar-refractivity contribution in [3.63, 3.8) is 0 Å². The molecule has 0 aromatic heterocycles. The van der Waals surface area contributed by atoms with Gasteiger partial charge in [-0.3, -0.25) is 4.79 Å². The first-order valence-corrected chi connectivity index (χ1v) is 5.58. The van der Waals surface area contributed by atoms with E-state index in [9.17, 15) is 9.90 Å². The van der Waals surface area contributed by atoms with E-state index in [0.29, 0.717) is 17.9 Å². The summed E-state index contributed by atoms with van der Waals surface area (Å²) in [6, 6.07) is 5.35. The minimum Gasteiger partial charge on any atom is -0.367 e. The van der Waals surface area contributed by atoms with Gasteiger partial charge in [0.05, 0.1) is 0 Å². The van der Waals surface area contributed by atoms with E-state index >= 15 is 0 Å². The Labute approximate surface area is 99.6 Å². The van der Waals surface area contributed by atoms with E-state index < -0.39 is 5.72 Å². The van der Waals surface area contributed by atoms with E-state index in [1.54, 1.807) is 19.2 Å². The van der Waals surface area contributed by atoms with E-state index in [2.05, 4.69) is 0 Å². The average Bonchev–Trinajstić information content (AvgIpc) is 2.52. The molecule has 1 saturated heterocycles. The number of amides is 1. The number of nitrogens with zero attached hydrogens (tertiary/aromatic N) is 1. The molecule has 1 aromatic carbocycles. The van der Waals surface area contributed by atoms with Crippen molar-refractivity contribution < 1.29 is 9.90 Å². The third-order valence-corrected chi connectivity index (χ3v) is 3.66. The fraction of sp³-hybridized carbons (Fsp3) is 0.417. The third kappa shape index (κ3) is 1.60. The molecule has 1 N–H and O–H groups in total. The highest BCUT2D eigenvalue weighted by atomic mass is 35.5. The molecule has 16 heavy (non-hydrogen) atoms. The van der Waals surface area contributed by atoms with Gasteiger partial charge in [-0.1, -0.05) is 17.7 Å². The summed E-state index contributed by atoms with van der Waals surface area (Å²) < 4.78 is 0. The minimum atomic E-state index is -1.17. The molecule has 2 rings (SSSR count). The molecule has 1 amide bonds. The highest BCUT2D eigenvalue weighted by molar-refractivity contribution is 6.31. The molecule has 4 heteroatoms. The Morgan fingerprint density at radius 3 is 2.69 bits per heavy atom. The highest BCUT2D eigenvalue weighted by Gasteiger charge is 2.42. The standard InChI is InChI=1S/C12H14ClNO2/c1-8-7-9(3-4-10(8)13)12(16)6-5-11(15)14(12)2/h3-4,7,16H,5-6H2,1-2H3. The Bertz CT molecular complexity index is 447. The van der Waals surface area contributed by atoms with Crippen molar-refractivity contribution in [1.82, 2.24) is 4.90 Å². The zero-order valence-electron chi connectivity index (χ0n) is 9.33. The second-order valence-electron chi connectivity index (χ2n) is 4.23. The van der Waals surface area contributed by atoms with Gasteiger partial charge >= 0.3 is 0 Å². The summed E-state index contributed by atoms with van der Waals surface area (Å²) in [7, 11) is 1.62. The Kier molecular flexibility index (Phi) is 2.68. The molecule has 0 saturated carbocycles. The molecule has 3 nitrogen and oxygen atoms in total. The molecule has 0 radical (unpaired) electrons. The fourth-order valence-corrected chi connectivity index (χ4v) is 2.17. The van der Waals surface area contributed by atoms with E-state index in [4.69, 9.17) is 11.6 Å². The second kappa shape index (κ2) is 3.75. The van der Waals surface area contributed by atoms with Crippen LogP contribution in [0.3, 0.4) is 0 Å². The van der Waals surface area contributed by atoms with Gasteiger partial charge in [-0.25, -0.2) is 0 Å². The van der Waals surface area contributed by atoms with Crippen molar-refractivity contribution in [3.05, 3.63) is 34.3 Å². The number of likely N-dealkylation sites (tertiary alicyclic amines) is 1. The monoisotopic (exact) mass is 239 g/mol. The number of hydrogen-bond donors (Lipinski definition) is 1. The van der Waals surface area contributed by atoms with Gasteiger partial charge in [-0.2, -0.15) is 0 Å². The SMILES string of the molecule is Cc1cc(C2(O)CCC(=O)N2C)ccc1Cl. The van der Waals surface area contributed by atoms with Crippen LogP contribution in [0.5, 0.6) is 0 Å². The Morgan fingerprint density at radius 2 is 2.19 bits per heavy atom. The Balaban J connectivity index is 2.44. The molecule has 1 heterocycles. The summed E-state index contributed by atoms with van der Waals surface area (Å²) in [6.45, 7) is 1.88. The number of benzene rings is 1. The maximum absolute atomic E-state index is 11.5. The van der Waals surface area contributed by atoms with Crippen LogP contribution in [0.15, 0.2) is 18.2 Å². The van der Waals surface area contributed by atoms with Crippen LogP contribution in [-0.4, -0.2) is 23.0 Å². The lowest BCUT2D eigenvalue weighted by atomic mass is 9.98. The molecule has 1 aliphatic rings. The first-order chi connectivity index (χ1) is 7.45. The molecule has 1 aromatic rings. The van der Waals surface area contributed by atoms with Crippen molar-refractivity contribution in [2.24, 2.45) is 0 Å². The summed E-state index contributed by atoms with van der Waals surface area (Å²) in [5, 5.41) is 11.1. The van der Waals surface area contributed by atoms with E-state index in [0.717, 1.165) is 11.1 Å². The van der Waals surface area contributed by atoms with Gasteiger partial charge in [-0.05, 0) is 24.6 Å². The lowest BCUT2D eigenvalue weighted by Gasteiger charge is -2.31. The van der Waals surface area contributed by atoms with Crippen molar-refractivity contribution >= 4 is 17.5 Å². The summed E-state index contributed by atoms with van der Waals surface area (Å²) in [5.41, 5.74) is 0.454. The number of halogens is 1. The van der Waals surface area contributed by atoms with Crippen LogP contribution in [0, 0.1) is 6.92 Å². The maximum atomic E-state index is 11.5. The van der Waals surface area contributed by atoms with E-state index in [1.165, 1.54) is 4.90 Å². The molecule has 0 aliphatic carbocycles. The van der Waals surface area contributed by atoms with Gasteiger partial charge in [0.2, 0.25) is 5.91 Å². The minimum absolute atomic E-state index is 0.0323. The maximum Gasteiger partial charge on any atom is 0.225 e. The quantitative estimate of drug-likeness (QED) is 0.815. The lowest BCUT2D eigenvalue weighted by molar-refractivity contribution is -0.142. The molecule has 1 fully saturated rings. The van der Waals surface area contributed by atoms with Crippen LogP contribution in [-0.2, 0) is 10.5 Å². The molecule has 1 atom stereocenters. The van der Waals surface area contributed by atoms with Crippen LogP contribution < -0.4 is 0 Å². The summed E-state index contributed by atoms with van der Waals surface area (Å²) in [5.74, 6) is -0.0323. The molecule has 0 spiro atoms. The number of aryl methyl sites for hydroxylation is 1. The molecular formula is C12H14ClNO2. The van der Waals surface area contributed by atoms with Gasteiger partial charge in [0.25, 0.3) is 0 Å². The van der Waals surface area contributed by atoms with Crippen LogP contribution in [0.25, 0.3) is 0 Å². The van der Waals surface area contributed by atoms with Crippen molar-refractivity contribution in [1.29, 1.82) is 0 Å². The average molecular weight is 240 g/mol. The number of rotatable bonds is 1. The number of aliphatic hydroxyl groups is 1. The Morgan fingerprint density at radius 1 is 1.50 bits per heavy atom. The number of hydrogen-bond acceptors (Lipinski definition) is 2. The fourth-order valence-electron chi connectivity index (χ4n) is 2.05. The van der Waals surface area contributed by atoms with Gasteiger partial charge in [-0.15, -0.1) is 0 Å². The predicted molar refractivity (Wildman–Crippen MR) is 62.1 cm³/mol. The normalized spacial score (nSPS) is 25.2. The largest absolute Gasteiger partial charge is 0.367 e. The van der Waals surface area contributed by atoms with Crippen molar-refractivity contribution in [2.75, 3.05) is 7.05 Å². The van der Waals surface area contributed by atoms with Crippen LogP contribution >= 0.6 is 11.6 Å². The summed E-state index contributed by atoms with van der Waals surface area (Å²) >= 11 is 5.94. The second-order valence-corrected chi connectivity index (χ2v) is 4.64. The van der Waals surface area contributed by atoms with Gasteiger partial charge < -0.3 is 10.0 Å². The third-order valence-electron chi connectivity index (χ3n) is 3.24. The zero-order valence-corrected chi connectivity index (χ0v) is 10.1. The smallest absolute Gasteiger partial charge is 0.225 e. The van der Waals surface area contributed by atoms with Crippen molar-refractivity contribution in [3.8, 4) is 0 Å². The molecular weight excluding hydrogens is 226 g/mol. The van der Waals surface area contributed by atoms with Crippen LogP contribution in [0.1, 0.15) is 24.0 Å². The topological polar surface area (TPSA) is 40.5 Å². The van der Waals surface area contributed by atoms with Crippen LogP contribution in [0.4, 0.5) is 0 Å². The molecule has 0 bridgehead atoms.